The summed E-state index contributed by atoms with van der Waals surface area (Å²) in [5.74, 6) is 0. The average Bonchev–Trinajstić information content (AvgIpc) is 2.52. The number of nitrogens with two attached hydrogens (primary N) is 1. The van der Waals surface area contributed by atoms with Crippen molar-refractivity contribution in [2.24, 2.45) is 5.73 Å². The van der Waals surface area contributed by atoms with Crippen LogP contribution < -0.4 is 5.73 Å². The number of nitrogens with zero attached hydrogens (tertiary/aromatic N) is 1. The Labute approximate surface area is 82.5 Å². The molecule has 0 aromatic carbocycles. The van der Waals surface area contributed by atoms with Crippen molar-refractivity contribution in [1.29, 1.82) is 0 Å². The maximum absolute atomic E-state index is 6.30. The van der Waals surface area contributed by atoms with Crippen molar-refractivity contribution in [1.82, 2.24) is 4.90 Å². The van der Waals surface area contributed by atoms with E-state index in [1.807, 2.05) is 0 Å². The molecule has 13 heavy (non-hydrogen) atoms. The van der Waals surface area contributed by atoms with Gasteiger partial charge in [-0.05, 0) is 39.2 Å². The van der Waals surface area contributed by atoms with Gasteiger partial charge in [0.05, 0.1) is 0 Å². The summed E-state index contributed by atoms with van der Waals surface area (Å²) in [6.07, 6.45) is 4.88. The molecule has 2 nitrogen and oxygen atoms in total. The Hall–Kier alpha value is -0.0800. The summed E-state index contributed by atoms with van der Waals surface area (Å²) in [6.45, 7) is 9.05. The molecule has 0 spiro atoms. The van der Waals surface area contributed by atoms with Crippen LogP contribution >= 0.6 is 0 Å². The van der Waals surface area contributed by atoms with Gasteiger partial charge in [0.25, 0.3) is 0 Å². The van der Waals surface area contributed by atoms with Crippen molar-refractivity contribution in [2.75, 3.05) is 13.1 Å². The van der Waals surface area contributed by atoms with Crippen LogP contribution in [-0.2, 0) is 0 Å². The van der Waals surface area contributed by atoms with E-state index >= 15 is 0 Å². The summed E-state index contributed by atoms with van der Waals surface area (Å²) in [5.41, 5.74) is 6.35. The highest BCUT2D eigenvalue weighted by atomic mass is 15.2. The lowest BCUT2D eigenvalue weighted by atomic mass is 9.93. The summed E-state index contributed by atoms with van der Waals surface area (Å²) in [4.78, 5) is 2.55. The number of likely N-dealkylation sites (tertiary alicyclic amines) is 1. The fraction of sp³-hybridized carbons (Fsp3) is 1.00. The quantitative estimate of drug-likeness (QED) is 0.724. The van der Waals surface area contributed by atoms with Crippen molar-refractivity contribution in [3.8, 4) is 0 Å². The summed E-state index contributed by atoms with van der Waals surface area (Å²) < 4.78 is 0. The Morgan fingerprint density at radius 2 is 2.00 bits per heavy atom. The van der Waals surface area contributed by atoms with Gasteiger partial charge in [-0.15, -0.1) is 0 Å². The first-order chi connectivity index (χ1) is 6.11. The molecule has 2 N–H and O–H groups in total. The molecule has 0 aromatic rings. The minimum Gasteiger partial charge on any atom is -0.324 e. The molecule has 1 rings (SSSR count). The lowest BCUT2D eigenvalue weighted by molar-refractivity contribution is 0.194. The van der Waals surface area contributed by atoms with Gasteiger partial charge in [-0.25, -0.2) is 0 Å². The summed E-state index contributed by atoms with van der Waals surface area (Å²) >= 11 is 0. The molecule has 0 bridgehead atoms. The molecule has 1 heterocycles. The summed E-state index contributed by atoms with van der Waals surface area (Å²) in [6, 6.07) is 0.751. The highest BCUT2D eigenvalue weighted by Gasteiger charge is 2.28. The maximum atomic E-state index is 6.30. The smallest absolute Gasteiger partial charge is 0.0278 e. The number of rotatable bonds is 4. The van der Waals surface area contributed by atoms with Crippen LogP contribution in [-0.4, -0.2) is 29.6 Å². The SMILES string of the molecule is CCC(N)(CC)CN1CCCC1C. The fourth-order valence-electron chi connectivity index (χ4n) is 2.11. The molecule has 1 aliphatic rings. The second-order valence-electron chi connectivity index (χ2n) is 4.53. The molecule has 1 unspecified atom stereocenters. The van der Waals surface area contributed by atoms with Gasteiger partial charge < -0.3 is 5.73 Å². The predicted octanol–water partition coefficient (Wildman–Crippen LogP) is 1.99. The van der Waals surface area contributed by atoms with E-state index in [0.29, 0.717) is 0 Å². The lowest BCUT2D eigenvalue weighted by Gasteiger charge is -2.34. The number of hydrogen-bond acceptors (Lipinski definition) is 2. The Morgan fingerprint density at radius 1 is 1.38 bits per heavy atom. The third-order valence-electron chi connectivity index (χ3n) is 3.62. The van der Waals surface area contributed by atoms with Crippen LogP contribution in [0.5, 0.6) is 0 Å². The topological polar surface area (TPSA) is 29.3 Å². The first kappa shape index (κ1) is 11.0. The van der Waals surface area contributed by atoms with Gasteiger partial charge in [0.15, 0.2) is 0 Å². The second kappa shape index (κ2) is 4.43. The fourth-order valence-corrected chi connectivity index (χ4v) is 2.11. The highest BCUT2D eigenvalue weighted by molar-refractivity contribution is 4.88. The monoisotopic (exact) mass is 184 g/mol. The predicted molar refractivity (Wildman–Crippen MR) is 57.8 cm³/mol. The molecule has 2 heteroatoms. The van der Waals surface area contributed by atoms with Gasteiger partial charge >= 0.3 is 0 Å². The summed E-state index contributed by atoms with van der Waals surface area (Å²) in [7, 11) is 0. The molecule has 1 fully saturated rings. The van der Waals surface area contributed by atoms with Crippen LogP contribution in [0.3, 0.4) is 0 Å². The van der Waals surface area contributed by atoms with Crippen molar-refractivity contribution in [3.63, 3.8) is 0 Å². The van der Waals surface area contributed by atoms with Crippen molar-refractivity contribution < 1.29 is 0 Å². The Morgan fingerprint density at radius 3 is 2.38 bits per heavy atom. The molecule has 0 radical (unpaired) electrons. The lowest BCUT2D eigenvalue weighted by Crippen LogP contribution is -2.50. The normalized spacial score (nSPS) is 25.4. The van der Waals surface area contributed by atoms with E-state index in [9.17, 15) is 0 Å². The van der Waals surface area contributed by atoms with E-state index in [1.165, 1.54) is 19.4 Å². The summed E-state index contributed by atoms with van der Waals surface area (Å²) in [5, 5.41) is 0. The van der Waals surface area contributed by atoms with Gasteiger partial charge in [0, 0.05) is 18.1 Å². The molecule has 0 aromatic heterocycles. The Balaban J connectivity index is 2.45. The van der Waals surface area contributed by atoms with Crippen molar-refractivity contribution in [3.05, 3.63) is 0 Å². The molecule has 78 valence electrons. The van der Waals surface area contributed by atoms with Crippen LogP contribution in [0.25, 0.3) is 0 Å². The highest BCUT2D eigenvalue weighted by Crippen LogP contribution is 2.21. The Bertz CT molecular complexity index is 152. The van der Waals surface area contributed by atoms with Crippen LogP contribution in [0.1, 0.15) is 46.5 Å². The van der Waals surface area contributed by atoms with E-state index in [0.717, 1.165) is 25.4 Å². The van der Waals surface area contributed by atoms with Crippen molar-refractivity contribution in [2.45, 2.75) is 58.0 Å². The zero-order valence-corrected chi connectivity index (χ0v) is 9.34. The number of hydrogen-bond donors (Lipinski definition) is 1. The zero-order chi connectivity index (χ0) is 9.90. The molecule has 1 saturated heterocycles. The Kier molecular flexibility index (Phi) is 3.74. The van der Waals surface area contributed by atoms with Crippen LogP contribution in [0.15, 0.2) is 0 Å². The van der Waals surface area contributed by atoms with E-state index in [4.69, 9.17) is 5.73 Å². The molecular formula is C11H24N2. The largest absolute Gasteiger partial charge is 0.324 e. The molecule has 0 aliphatic carbocycles. The third-order valence-corrected chi connectivity index (χ3v) is 3.62. The molecule has 0 amide bonds. The molecule has 0 saturated carbocycles. The molecule has 1 atom stereocenters. The van der Waals surface area contributed by atoms with E-state index in [1.54, 1.807) is 0 Å². The van der Waals surface area contributed by atoms with Gasteiger partial charge in [-0.1, -0.05) is 13.8 Å². The van der Waals surface area contributed by atoms with Gasteiger partial charge in [0.2, 0.25) is 0 Å². The minimum absolute atomic E-state index is 0.0542. The van der Waals surface area contributed by atoms with E-state index < -0.39 is 0 Å². The minimum atomic E-state index is 0.0542. The zero-order valence-electron chi connectivity index (χ0n) is 9.34. The van der Waals surface area contributed by atoms with Crippen LogP contribution in [0, 0.1) is 0 Å². The third kappa shape index (κ3) is 2.68. The standard InChI is InChI=1S/C11H24N2/c1-4-11(12,5-2)9-13-8-6-7-10(13)3/h10H,4-9,12H2,1-3H3. The second-order valence-corrected chi connectivity index (χ2v) is 4.53. The van der Waals surface area contributed by atoms with Gasteiger partial charge in [-0.3, -0.25) is 4.90 Å². The average molecular weight is 184 g/mol. The maximum Gasteiger partial charge on any atom is 0.0278 e. The first-order valence-corrected chi connectivity index (χ1v) is 5.64. The van der Waals surface area contributed by atoms with E-state index in [2.05, 4.69) is 25.7 Å². The van der Waals surface area contributed by atoms with Crippen LogP contribution in [0.2, 0.25) is 0 Å². The molecule has 1 aliphatic heterocycles. The molecular weight excluding hydrogens is 160 g/mol. The van der Waals surface area contributed by atoms with Crippen molar-refractivity contribution >= 4 is 0 Å². The van der Waals surface area contributed by atoms with E-state index in [-0.39, 0.29) is 5.54 Å². The van der Waals surface area contributed by atoms with Gasteiger partial charge in [-0.2, -0.15) is 0 Å². The first-order valence-electron chi connectivity index (χ1n) is 5.64. The van der Waals surface area contributed by atoms with Crippen LogP contribution in [0.4, 0.5) is 0 Å². The van der Waals surface area contributed by atoms with Gasteiger partial charge in [0.1, 0.15) is 0 Å².